The summed E-state index contributed by atoms with van der Waals surface area (Å²) in [6.07, 6.45) is -3.91. The van der Waals surface area contributed by atoms with Gasteiger partial charge in [-0.1, -0.05) is 29.5 Å². The first-order chi connectivity index (χ1) is 13.7. The highest BCUT2D eigenvalue weighted by molar-refractivity contribution is 7.89. The number of sulfonamides is 1. The number of halogens is 3. The molecule has 1 aromatic heterocycles. The summed E-state index contributed by atoms with van der Waals surface area (Å²) in [5, 5.41) is 0.533. The molecule has 5 nitrogen and oxygen atoms in total. The van der Waals surface area contributed by atoms with Crippen LogP contribution in [0.3, 0.4) is 0 Å². The Morgan fingerprint density at radius 1 is 1.07 bits per heavy atom. The van der Waals surface area contributed by atoms with Crippen LogP contribution in [0.5, 0.6) is 5.19 Å². The zero-order valence-corrected chi connectivity index (χ0v) is 16.7. The lowest BCUT2D eigenvalue weighted by molar-refractivity contribution is -0.137. The lowest BCUT2D eigenvalue weighted by atomic mass is 10.1. The summed E-state index contributed by atoms with van der Waals surface area (Å²) in [5.74, 6) is 0. The lowest BCUT2D eigenvalue weighted by Gasteiger charge is -2.30. The van der Waals surface area contributed by atoms with Gasteiger partial charge in [0.2, 0.25) is 10.0 Å². The van der Waals surface area contributed by atoms with Gasteiger partial charge in [0.15, 0.2) is 0 Å². The summed E-state index contributed by atoms with van der Waals surface area (Å²) >= 11 is 1.43. The van der Waals surface area contributed by atoms with Gasteiger partial charge < -0.3 is 4.74 Å². The summed E-state index contributed by atoms with van der Waals surface area (Å²) in [7, 11) is -4.00. The molecule has 4 rings (SSSR count). The Kier molecular flexibility index (Phi) is 5.26. The van der Waals surface area contributed by atoms with E-state index in [1.165, 1.54) is 21.7 Å². The minimum absolute atomic E-state index is 0.175. The third kappa shape index (κ3) is 4.24. The summed E-state index contributed by atoms with van der Waals surface area (Å²) in [4.78, 5) is 4.06. The molecular formula is C19H17F3N2O3S2. The van der Waals surface area contributed by atoms with Gasteiger partial charge in [-0.2, -0.15) is 17.5 Å². The van der Waals surface area contributed by atoms with E-state index in [0.29, 0.717) is 24.1 Å². The highest BCUT2D eigenvalue weighted by Crippen LogP contribution is 2.33. The van der Waals surface area contributed by atoms with Crippen molar-refractivity contribution in [3.05, 3.63) is 54.1 Å². The monoisotopic (exact) mass is 442 g/mol. The van der Waals surface area contributed by atoms with Crippen LogP contribution in [0.4, 0.5) is 13.2 Å². The van der Waals surface area contributed by atoms with Gasteiger partial charge in [0.25, 0.3) is 5.19 Å². The van der Waals surface area contributed by atoms with Crippen molar-refractivity contribution in [1.29, 1.82) is 0 Å². The smallest absolute Gasteiger partial charge is 0.416 e. The van der Waals surface area contributed by atoms with Gasteiger partial charge >= 0.3 is 6.18 Å². The Balaban J connectivity index is 1.43. The van der Waals surface area contributed by atoms with Crippen molar-refractivity contribution in [3.8, 4) is 5.19 Å². The number of fused-ring (bicyclic) bond motifs is 1. The first kappa shape index (κ1) is 20.1. The molecule has 1 saturated heterocycles. The van der Waals surface area contributed by atoms with Gasteiger partial charge in [-0.15, -0.1) is 0 Å². The maximum atomic E-state index is 12.9. The molecule has 1 fully saturated rings. The second kappa shape index (κ2) is 7.58. The van der Waals surface area contributed by atoms with E-state index >= 15 is 0 Å². The number of alkyl halides is 3. The third-order valence-electron chi connectivity index (χ3n) is 4.74. The second-order valence-electron chi connectivity index (χ2n) is 6.69. The van der Waals surface area contributed by atoms with E-state index < -0.39 is 21.8 Å². The minimum atomic E-state index is -4.59. The molecule has 2 heterocycles. The molecule has 29 heavy (non-hydrogen) atoms. The molecule has 2 aromatic carbocycles. The molecule has 0 bridgehead atoms. The Morgan fingerprint density at radius 3 is 2.48 bits per heavy atom. The van der Waals surface area contributed by atoms with Crippen LogP contribution in [-0.4, -0.2) is 36.9 Å². The van der Waals surface area contributed by atoms with Crippen LogP contribution in [0.1, 0.15) is 18.4 Å². The van der Waals surface area contributed by atoms with Gasteiger partial charge in [-0.3, -0.25) is 0 Å². The zero-order valence-electron chi connectivity index (χ0n) is 15.1. The van der Waals surface area contributed by atoms with E-state index in [-0.39, 0.29) is 24.1 Å². The molecule has 1 aliphatic heterocycles. The number of nitrogens with zero attached hydrogens (tertiary/aromatic N) is 2. The van der Waals surface area contributed by atoms with Crippen molar-refractivity contribution < 1.29 is 26.3 Å². The van der Waals surface area contributed by atoms with Crippen LogP contribution in [0, 0.1) is 0 Å². The van der Waals surface area contributed by atoms with Crippen molar-refractivity contribution in [2.75, 3.05) is 13.1 Å². The Morgan fingerprint density at radius 2 is 1.79 bits per heavy atom. The highest BCUT2D eigenvalue weighted by Gasteiger charge is 2.34. The van der Waals surface area contributed by atoms with Crippen molar-refractivity contribution >= 4 is 31.6 Å². The summed E-state index contributed by atoms with van der Waals surface area (Å²) in [5.41, 5.74) is -0.135. The molecule has 10 heteroatoms. The standard InChI is InChI=1S/C19H17F3N2O3S2/c20-19(21,22)13-4-3-5-15(12-13)29(25,26)24-10-8-14(9-11-24)27-18-23-16-6-1-2-7-17(16)28-18/h1-7,12,14H,8-11H2. The van der Waals surface area contributed by atoms with Crippen LogP contribution in [0.15, 0.2) is 53.4 Å². The molecule has 1 aliphatic rings. The van der Waals surface area contributed by atoms with Gasteiger partial charge in [-0.05, 0) is 43.2 Å². The average Bonchev–Trinajstić information content (AvgIpc) is 3.10. The number of para-hydroxylation sites is 1. The van der Waals surface area contributed by atoms with Crippen LogP contribution < -0.4 is 4.74 Å². The molecule has 0 radical (unpaired) electrons. The number of hydrogen-bond donors (Lipinski definition) is 0. The largest absolute Gasteiger partial charge is 0.467 e. The predicted molar refractivity (Wildman–Crippen MR) is 103 cm³/mol. The molecule has 0 N–H and O–H groups in total. The average molecular weight is 442 g/mol. The quantitative estimate of drug-likeness (QED) is 0.595. The number of aromatic nitrogens is 1. The maximum absolute atomic E-state index is 12.9. The molecule has 0 aliphatic carbocycles. The summed E-state index contributed by atoms with van der Waals surface area (Å²) in [6, 6.07) is 11.5. The predicted octanol–water partition coefficient (Wildman–Crippen LogP) is 4.55. The van der Waals surface area contributed by atoms with Crippen LogP contribution >= 0.6 is 11.3 Å². The molecule has 0 atom stereocenters. The van der Waals surface area contributed by atoms with Gasteiger partial charge in [0.1, 0.15) is 6.10 Å². The normalized spacial score (nSPS) is 16.9. The number of piperidine rings is 1. The molecule has 3 aromatic rings. The van der Waals surface area contributed by atoms with Crippen LogP contribution in [-0.2, 0) is 16.2 Å². The lowest BCUT2D eigenvalue weighted by Crippen LogP contribution is -2.41. The number of benzene rings is 2. The maximum Gasteiger partial charge on any atom is 0.416 e. The van der Waals surface area contributed by atoms with E-state index in [1.807, 2.05) is 24.3 Å². The topological polar surface area (TPSA) is 59.5 Å². The summed E-state index contributed by atoms with van der Waals surface area (Å²) in [6.45, 7) is 0.349. The molecule has 0 spiro atoms. The zero-order chi connectivity index (χ0) is 20.6. The molecule has 0 amide bonds. The van der Waals surface area contributed by atoms with Gasteiger partial charge in [-0.25, -0.2) is 13.4 Å². The van der Waals surface area contributed by atoms with E-state index in [9.17, 15) is 21.6 Å². The van der Waals surface area contributed by atoms with Crippen molar-refractivity contribution in [2.24, 2.45) is 0 Å². The van der Waals surface area contributed by atoms with Crippen molar-refractivity contribution in [2.45, 2.75) is 30.0 Å². The summed E-state index contributed by atoms with van der Waals surface area (Å²) < 4.78 is 72.3. The number of rotatable bonds is 4. The van der Waals surface area contributed by atoms with Gasteiger partial charge in [0, 0.05) is 13.1 Å². The first-order valence-electron chi connectivity index (χ1n) is 8.93. The second-order valence-corrected chi connectivity index (χ2v) is 9.63. The fraction of sp³-hybridized carbons (Fsp3) is 0.316. The fourth-order valence-corrected chi connectivity index (χ4v) is 5.61. The number of ether oxygens (including phenoxy) is 1. The number of hydrogen-bond acceptors (Lipinski definition) is 5. The molecule has 154 valence electrons. The van der Waals surface area contributed by atoms with Crippen LogP contribution in [0.2, 0.25) is 0 Å². The Labute approximate surface area is 169 Å². The SMILES string of the molecule is O=S(=O)(c1cccc(C(F)(F)F)c1)N1CCC(Oc2nc3ccccc3s2)CC1. The Hall–Kier alpha value is -2.17. The minimum Gasteiger partial charge on any atom is -0.467 e. The highest BCUT2D eigenvalue weighted by atomic mass is 32.2. The first-order valence-corrected chi connectivity index (χ1v) is 11.2. The molecular weight excluding hydrogens is 425 g/mol. The van der Waals surface area contributed by atoms with Crippen molar-refractivity contribution in [1.82, 2.24) is 9.29 Å². The van der Waals surface area contributed by atoms with E-state index in [1.54, 1.807) is 0 Å². The molecule has 0 unspecified atom stereocenters. The fourth-order valence-electron chi connectivity index (χ4n) is 3.22. The van der Waals surface area contributed by atoms with E-state index in [4.69, 9.17) is 4.74 Å². The number of thiazole rings is 1. The van der Waals surface area contributed by atoms with E-state index in [2.05, 4.69) is 4.98 Å². The van der Waals surface area contributed by atoms with Crippen LogP contribution in [0.25, 0.3) is 10.2 Å². The molecule has 0 saturated carbocycles. The Bertz CT molecular complexity index is 1090. The third-order valence-corrected chi connectivity index (χ3v) is 7.56. The van der Waals surface area contributed by atoms with Crippen molar-refractivity contribution in [3.63, 3.8) is 0 Å². The van der Waals surface area contributed by atoms with E-state index in [0.717, 1.165) is 22.3 Å². The van der Waals surface area contributed by atoms with Gasteiger partial charge in [0.05, 0.1) is 20.7 Å².